The first-order valence-electron chi connectivity index (χ1n) is 7.75. The molecule has 1 N–H and O–H groups in total. The summed E-state index contributed by atoms with van der Waals surface area (Å²) in [5.41, 5.74) is 4.57. The minimum atomic E-state index is -1.39. The van der Waals surface area contributed by atoms with Crippen molar-refractivity contribution in [2.75, 3.05) is 30.0 Å². The van der Waals surface area contributed by atoms with Crippen LogP contribution in [0, 0.1) is 20.8 Å². The number of rotatable bonds is 6. The molecule has 0 aliphatic heterocycles. The van der Waals surface area contributed by atoms with Crippen LogP contribution in [0.3, 0.4) is 0 Å². The van der Waals surface area contributed by atoms with Crippen LogP contribution < -0.4 is 5.32 Å². The maximum atomic E-state index is 12.4. The molecule has 0 aliphatic carbocycles. The number of amides is 1. The molecule has 3 heteroatoms. The van der Waals surface area contributed by atoms with Crippen molar-refractivity contribution in [3.8, 4) is 0 Å². The second-order valence-electron chi connectivity index (χ2n) is 6.06. The summed E-state index contributed by atoms with van der Waals surface area (Å²) in [5.74, 6) is 0.206. The Morgan fingerprint density at radius 3 is 1.85 bits per heavy atom. The summed E-state index contributed by atoms with van der Waals surface area (Å²) >= 11 is 0. The number of aryl methyl sites for hydroxylation is 3. The third kappa shape index (κ3) is 4.06. The predicted octanol–water partition coefficient (Wildman–Crippen LogP) is 4.36. The zero-order valence-electron chi connectivity index (χ0n) is 13.9. The summed E-state index contributed by atoms with van der Waals surface area (Å²) < 4.78 is 0. The first-order chi connectivity index (χ1) is 9.37. The predicted molar refractivity (Wildman–Crippen MR) is 94.1 cm³/mol. The molecule has 1 amide bonds. The van der Waals surface area contributed by atoms with Gasteiger partial charge in [0, 0.05) is 0 Å². The second-order valence-corrected chi connectivity index (χ2v) is 11.5. The first-order valence-corrected chi connectivity index (χ1v) is 10.6. The fraction of sp³-hybridized carbons (Fsp3) is 0.588. The summed E-state index contributed by atoms with van der Waals surface area (Å²) in [5, 5.41) is 3.16. The molecule has 2 nitrogen and oxygen atoms in total. The molecule has 0 aromatic heterocycles. The molecule has 0 unspecified atom stereocenters. The van der Waals surface area contributed by atoms with Crippen molar-refractivity contribution in [3.63, 3.8) is 0 Å². The number of nitrogens with one attached hydrogen (secondary N) is 1. The number of carbonyl (C=O) groups excluding carboxylic acids is 1. The summed E-state index contributed by atoms with van der Waals surface area (Å²) in [7, 11) is -1.39. The van der Waals surface area contributed by atoms with Gasteiger partial charge in [-0.2, -0.15) is 0 Å². The molecule has 0 saturated heterocycles. The summed E-state index contributed by atoms with van der Waals surface area (Å²) in [6.45, 7) is 13.0. The van der Waals surface area contributed by atoms with Crippen molar-refractivity contribution in [2.45, 2.75) is 41.5 Å². The molecule has 0 atom stereocenters. The molecule has 0 spiro atoms. The van der Waals surface area contributed by atoms with Gasteiger partial charge in [0.2, 0.25) is 0 Å². The van der Waals surface area contributed by atoms with E-state index < -0.39 is 7.26 Å². The van der Waals surface area contributed by atoms with E-state index in [2.05, 4.69) is 59.0 Å². The number of hydrogen-bond acceptors (Lipinski definition) is 1. The molecule has 1 rings (SSSR count). The molecule has 0 aliphatic rings. The standard InChI is InChI=1S/C17H30NOP/c1-7-20(8-2,9-3)12-16(19)18-17-14(5)10-13(4)11-15(17)6/h10-11,20H,7-9,12H2,1-6H3,(H,18,19). The summed E-state index contributed by atoms with van der Waals surface area (Å²) in [6, 6.07) is 4.26. The van der Waals surface area contributed by atoms with Crippen molar-refractivity contribution in [1.29, 1.82) is 0 Å². The SMILES string of the molecule is CC[PH](CC)(CC)CC(=O)Nc1c(C)cc(C)cc1C. The fourth-order valence-corrected chi connectivity index (χ4v) is 6.05. The molecule has 1 aromatic rings. The molecule has 0 heterocycles. The summed E-state index contributed by atoms with van der Waals surface area (Å²) in [4.78, 5) is 12.4. The number of anilines is 1. The van der Waals surface area contributed by atoms with E-state index in [0.717, 1.165) is 23.0 Å². The van der Waals surface area contributed by atoms with Gasteiger partial charge in [-0.3, -0.25) is 0 Å². The molecular weight excluding hydrogens is 265 g/mol. The molecular formula is C17H30NOP. The normalized spacial score (nSPS) is 12.3. The number of carbonyl (C=O) groups is 1. The van der Waals surface area contributed by atoms with Gasteiger partial charge in [0.1, 0.15) is 0 Å². The van der Waals surface area contributed by atoms with Crippen LogP contribution in [-0.2, 0) is 4.79 Å². The van der Waals surface area contributed by atoms with Crippen LogP contribution in [-0.4, -0.2) is 30.6 Å². The van der Waals surface area contributed by atoms with Crippen LogP contribution in [0.25, 0.3) is 0 Å². The van der Waals surface area contributed by atoms with E-state index in [4.69, 9.17) is 0 Å². The van der Waals surface area contributed by atoms with E-state index >= 15 is 0 Å². The Morgan fingerprint density at radius 2 is 1.45 bits per heavy atom. The molecule has 20 heavy (non-hydrogen) atoms. The van der Waals surface area contributed by atoms with E-state index in [1.807, 2.05) is 0 Å². The van der Waals surface area contributed by atoms with Gasteiger partial charge in [-0.05, 0) is 0 Å². The zero-order valence-corrected chi connectivity index (χ0v) is 14.9. The van der Waals surface area contributed by atoms with Gasteiger partial charge in [-0.15, -0.1) is 0 Å². The van der Waals surface area contributed by atoms with Crippen molar-refractivity contribution in [3.05, 3.63) is 28.8 Å². The van der Waals surface area contributed by atoms with Crippen LogP contribution in [0.4, 0.5) is 5.69 Å². The third-order valence-corrected chi connectivity index (χ3v) is 10.3. The van der Waals surface area contributed by atoms with Crippen LogP contribution in [0.1, 0.15) is 37.5 Å². The van der Waals surface area contributed by atoms with Gasteiger partial charge < -0.3 is 0 Å². The van der Waals surface area contributed by atoms with Crippen molar-refractivity contribution >= 4 is 18.9 Å². The maximum absolute atomic E-state index is 12.4. The zero-order chi connectivity index (χ0) is 15.3. The Kier molecular flexibility index (Phi) is 6.20. The van der Waals surface area contributed by atoms with E-state index in [1.54, 1.807) is 0 Å². The minimum absolute atomic E-state index is 0.206. The van der Waals surface area contributed by atoms with Gasteiger partial charge in [-0.1, -0.05) is 0 Å². The van der Waals surface area contributed by atoms with E-state index in [-0.39, 0.29) is 5.91 Å². The van der Waals surface area contributed by atoms with Gasteiger partial charge in [0.05, 0.1) is 0 Å². The van der Waals surface area contributed by atoms with Crippen molar-refractivity contribution in [1.82, 2.24) is 0 Å². The van der Waals surface area contributed by atoms with E-state index in [0.29, 0.717) is 0 Å². The monoisotopic (exact) mass is 295 g/mol. The second kappa shape index (κ2) is 7.22. The molecule has 114 valence electrons. The van der Waals surface area contributed by atoms with Gasteiger partial charge >= 0.3 is 124 Å². The van der Waals surface area contributed by atoms with Crippen molar-refractivity contribution in [2.24, 2.45) is 0 Å². The van der Waals surface area contributed by atoms with Crippen LogP contribution in [0.15, 0.2) is 12.1 Å². The molecule has 0 saturated carbocycles. The molecule has 0 bridgehead atoms. The van der Waals surface area contributed by atoms with Gasteiger partial charge in [0.25, 0.3) is 0 Å². The Bertz CT molecular complexity index is 447. The van der Waals surface area contributed by atoms with Gasteiger partial charge in [-0.25, -0.2) is 0 Å². The van der Waals surface area contributed by atoms with Crippen LogP contribution in [0.5, 0.6) is 0 Å². The Labute approximate surface area is 124 Å². The summed E-state index contributed by atoms with van der Waals surface area (Å²) in [6.07, 6.45) is 4.33. The van der Waals surface area contributed by atoms with Crippen LogP contribution >= 0.6 is 7.26 Å². The average molecular weight is 295 g/mol. The molecule has 1 aromatic carbocycles. The Balaban J connectivity index is 2.87. The molecule has 0 fully saturated rings. The quantitative estimate of drug-likeness (QED) is 0.776. The van der Waals surface area contributed by atoms with E-state index in [1.165, 1.54) is 24.0 Å². The van der Waals surface area contributed by atoms with E-state index in [9.17, 15) is 4.79 Å². The Morgan fingerprint density at radius 1 is 1.00 bits per heavy atom. The molecule has 0 radical (unpaired) electrons. The average Bonchev–Trinajstić information content (AvgIpc) is 2.40. The van der Waals surface area contributed by atoms with Gasteiger partial charge in [0.15, 0.2) is 0 Å². The third-order valence-electron chi connectivity index (χ3n) is 4.73. The van der Waals surface area contributed by atoms with Crippen LogP contribution in [0.2, 0.25) is 0 Å². The topological polar surface area (TPSA) is 29.1 Å². The fourth-order valence-electron chi connectivity index (χ4n) is 3.03. The first kappa shape index (κ1) is 17.2. The number of hydrogen-bond donors (Lipinski definition) is 1. The van der Waals surface area contributed by atoms with Crippen molar-refractivity contribution < 1.29 is 4.79 Å². The Hall–Kier alpha value is -0.880. The number of benzene rings is 1.